The first-order chi connectivity index (χ1) is 6.08. The molecule has 0 aliphatic rings. The van der Waals surface area contributed by atoms with E-state index >= 15 is 0 Å². The van der Waals surface area contributed by atoms with Crippen molar-refractivity contribution >= 4 is 11.3 Å². The van der Waals surface area contributed by atoms with Crippen molar-refractivity contribution in [1.29, 1.82) is 0 Å². The highest BCUT2D eigenvalue weighted by atomic mass is 32.1. The molecule has 1 aromatic rings. The summed E-state index contributed by atoms with van der Waals surface area (Å²) in [6.07, 6.45) is 1.60. The van der Waals surface area contributed by atoms with E-state index in [0.717, 1.165) is 12.8 Å². The smallest absolute Gasteiger partial charge is 0.0708 e. The molecule has 0 aliphatic heterocycles. The van der Waals surface area contributed by atoms with Crippen molar-refractivity contribution in [3.05, 3.63) is 22.4 Å². The van der Waals surface area contributed by atoms with Crippen molar-refractivity contribution < 1.29 is 5.11 Å². The van der Waals surface area contributed by atoms with Crippen LogP contribution >= 0.6 is 11.3 Å². The molecular weight excluding hydrogens is 180 g/mol. The summed E-state index contributed by atoms with van der Waals surface area (Å²) in [5.74, 6) is 0.317. The molecular formula is C11H18OS. The molecule has 0 saturated heterocycles. The maximum absolute atomic E-state index is 10.3. The largest absolute Gasteiger partial charge is 0.389 e. The lowest BCUT2D eigenvalue weighted by Gasteiger charge is -2.30. The summed E-state index contributed by atoms with van der Waals surface area (Å²) in [4.78, 5) is 0. The van der Waals surface area contributed by atoms with Crippen molar-refractivity contribution in [3.63, 3.8) is 0 Å². The molecule has 13 heavy (non-hydrogen) atoms. The molecule has 1 atom stereocenters. The van der Waals surface area contributed by atoms with Crippen LogP contribution in [0.1, 0.15) is 32.8 Å². The molecule has 1 nitrogen and oxygen atoms in total. The molecule has 0 amide bonds. The number of hydrogen-bond acceptors (Lipinski definition) is 2. The molecule has 0 aliphatic carbocycles. The van der Waals surface area contributed by atoms with Crippen LogP contribution in [0, 0.1) is 5.92 Å². The van der Waals surface area contributed by atoms with Gasteiger partial charge in [-0.15, -0.1) is 0 Å². The molecule has 0 saturated carbocycles. The normalized spacial score (nSPS) is 16.1. The second-order valence-corrected chi connectivity index (χ2v) is 4.70. The summed E-state index contributed by atoms with van der Waals surface area (Å²) in [5.41, 5.74) is 0.726. The van der Waals surface area contributed by atoms with Crippen molar-refractivity contribution in [2.45, 2.75) is 39.2 Å². The first-order valence-corrected chi connectivity index (χ1v) is 5.76. The number of hydrogen-bond donors (Lipinski definition) is 1. The van der Waals surface area contributed by atoms with Gasteiger partial charge >= 0.3 is 0 Å². The quantitative estimate of drug-likeness (QED) is 0.788. The Balaban J connectivity index is 2.69. The second kappa shape index (κ2) is 4.25. The van der Waals surface area contributed by atoms with Gasteiger partial charge in [0, 0.05) is 6.42 Å². The number of rotatable bonds is 4. The Kier molecular flexibility index (Phi) is 3.51. The SMILES string of the molecule is CCC(O)(Cc1ccsc1)C(C)C. The molecule has 0 radical (unpaired) electrons. The summed E-state index contributed by atoms with van der Waals surface area (Å²) in [5, 5.41) is 14.4. The van der Waals surface area contributed by atoms with Crippen LogP contribution in [0.4, 0.5) is 0 Å². The van der Waals surface area contributed by atoms with Gasteiger partial charge in [-0.05, 0) is 34.7 Å². The van der Waals surface area contributed by atoms with E-state index in [1.807, 2.05) is 6.92 Å². The van der Waals surface area contributed by atoms with E-state index < -0.39 is 5.60 Å². The average molecular weight is 198 g/mol. The molecule has 1 N–H and O–H groups in total. The lowest BCUT2D eigenvalue weighted by Crippen LogP contribution is -2.36. The van der Waals surface area contributed by atoms with E-state index in [0.29, 0.717) is 5.92 Å². The zero-order valence-corrected chi connectivity index (χ0v) is 9.40. The van der Waals surface area contributed by atoms with E-state index in [2.05, 4.69) is 30.7 Å². The van der Waals surface area contributed by atoms with Gasteiger partial charge in [0.1, 0.15) is 0 Å². The minimum atomic E-state index is -0.527. The van der Waals surface area contributed by atoms with Crippen molar-refractivity contribution in [2.75, 3.05) is 0 Å². The van der Waals surface area contributed by atoms with E-state index in [1.165, 1.54) is 5.56 Å². The predicted molar refractivity (Wildman–Crippen MR) is 58.1 cm³/mol. The van der Waals surface area contributed by atoms with Crippen LogP contribution < -0.4 is 0 Å². The van der Waals surface area contributed by atoms with Gasteiger partial charge in [-0.2, -0.15) is 11.3 Å². The second-order valence-electron chi connectivity index (χ2n) is 3.92. The lowest BCUT2D eigenvalue weighted by atomic mass is 9.83. The minimum absolute atomic E-state index is 0.317. The Morgan fingerprint density at radius 2 is 2.23 bits per heavy atom. The monoisotopic (exact) mass is 198 g/mol. The van der Waals surface area contributed by atoms with Crippen LogP contribution in [0.2, 0.25) is 0 Å². The van der Waals surface area contributed by atoms with E-state index in [-0.39, 0.29) is 0 Å². The van der Waals surface area contributed by atoms with Crippen LogP contribution in [0.15, 0.2) is 16.8 Å². The van der Waals surface area contributed by atoms with Gasteiger partial charge in [-0.25, -0.2) is 0 Å². The van der Waals surface area contributed by atoms with Crippen molar-refractivity contribution in [3.8, 4) is 0 Å². The molecule has 0 fully saturated rings. The van der Waals surface area contributed by atoms with Gasteiger partial charge in [-0.3, -0.25) is 0 Å². The lowest BCUT2D eigenvalue weighted by molar-refractivity contribution is -0.00820. The Morgan fingerprint density at radius 1 is 1.54 bits per heavy atom. The molecule has 0 aromatic carbocycles. The van der Waals surface area contributed by atoms with Crippen molar-refractivity contribution in [2.24, 2.45) is 5.92 Å². The zero-order chi connectivity index (χ0) is 9.90. The van der Waals surface area contributed by atoms with Gasteiger partial charge in [0.05, 0.1) is 5.60 Å². The fourth-order valence-electron chi connectivity index (χ4n) is 1.48. The Morgan fingerprint density at radius 3 is 2.62 bits per heavy atom. The van der Waals surface area contributed by atoms with Crippen LogP contribution in [-0.4, -0.2) is 10.7 Å². The number of aliphatic hydroxyl groups is 1. The average Bonchev–Trinajstić information content (AvgIpc) is 2.56. The van der Waals surface area contributed by atoms with Crippen LogP contribution in [-0.2, 0) is 6.42 Å². The molecule has 1 heterocycles. The Hall–Kier alpha value is -0.340. The van der Waals surface area contributed by atoms with Gasteiger partial charge in [0.15, 0.2) is 0 Å². The topological polar surface area (TPSA) is 20.2 Å². The molecule has 0 spiro atoms. The molecule has 74 valence electrons. The standard InChI is InChI=1S/C11H18OS/c1-4-11(12,9(2)3)7-10-5-6-13-8-10/h5-6,8-9,12H,4,7H2,1-3H3. The highest BCUT2D eigenvalue weighted by Crippen LogP contribution is 2.26. The Bertz CT molecular complexity index is 241. The van der Waals surface area contributed by atoms with Gasteiger partial charge < -0.3 is 5.11 Å². The Labute approximate surface area is 84.4 Å². The third kappa shape index (κ3) is 2.55. The molecule has 1 rings (SSSR count). The predicted octanol–water partition coefficient (Wildman–Crippen LogP) is 3.09. The molecule has 1 unspecified atom stereocenters. The number of thiophene rings is 1. The fourth-order valence-corrected chi connectivity index (χ4v) is 2.15. The van der Waals surface area contributed by atoms with E-state index in [1.54, 1.807) is 11.3 Å². The summed E-state index contributed by atoms with van der Waals surface area (Å²) >= 11 is 1.69. The summed E-state index contributed by atoms with van der Waals surface area (Å²) < 4.78 is 0. The van der Waals surface area contributed by atoms with Gasteiger partial charge in [-0.1, -0.05) is 20.8 Å². The van der Waals surface area contributed by atoms with Gasteiger partial charge in [0.2, 0.25) is 0 Å². The van der Waals surface area contributed by atoms with Crippen LogP contribution in [0.3, 0.4) is 0 Å². The zero-order valence-electron chi connectivity index (χ0n) is 8.58. The maximum Gasteiger partial charge on any atom is 0.0708 e. The third-order valence-corrected chi connectivity index (χ3v) is 3.51. The van der Waals surface area contributed by atoms with E-state index in [4.69, 9.17) is 0 Å². The van der Waals surface area contributed by atoms with Gasteiger partial charge in [0.25, 0.3) is 0 Å². The molecule has 1 aromatic heterocycles. The summed E-state index contributed by atoms with van der Waals surface area (Å²) in [6, 6.07) is 2.09. The highest BCUT2D eigenvalue weighted by Gasteiger charge is 2.28. The third-order valence-electron chi connectivity index (χ3n) is 2.78. The molecule has 2 heteroatoms. The summed E-state index contributed by atoms with van der Waals surface area (Å²) in [6.45, 7) is 6.21. The summed E-state index contributed by atoms with van der Waals surface area (Å²) in [7, 11) is 0. The van der Waals surface area contributed by atoms with E-state index in [9.17, 15) is 5.11 Å². The maximum atomic E-state index is 10.3. The first kappa shape index (κ1) is 10.7. The van der Waals surface area contributed by atoms with Crippen LogP contribution in [0.25, 0.3) is 0 Å². The fraction of sp³-hybridized carbons (Fsp3) is 0.636. The highest BCUT2D eigenvalue weighted by molar-refractivity contribution is 7.07. The van der Waals surface area contributed by atoms with Crippen molar-refractivity contribution in [1.82, 2.24) is 0 Å². The molecule has 0 bridgehead atoms. The minimum Gasteiger partial charge on any atom is -0.389 e. The van der Waals surface area contributed by atoms with Crippen LogP contribution in [0.5, 0.6) is 0 Å². The first-order valence-electron chi connectivity index (χ1n) is 4.82.